The van der Waals surface area contributed by atoms with Gasteiger partial charge in [-0.2, -0.15) is 4.98 Å². The van der Waals surface area contributed by atoms with Gasteiger partial charge in [-0.15, -0.1) is 0 Å². The van der Waals surface area contributed by atoms with Crippen molar-refractivity contribution in [1.82, 2.24) is 14.5 Å². The number of aliphatic carboxylic acids is 1. The van der Waals surface area contributed by atoms with Crippen LogP contribution in [0, 0.1) is 0 Å². The number of hydrogen-bond donors (Lipinski definition) is 1. The van der Waals surface area contributed by atoms with E-state index in [9.17, 15) is 4.79 Å². The van der Waals surface area contributed by atoms with Gasteiger partial charge in [-0.05, 0) is 37.1 Å². The highest BCUT2D eigenvalue weighted by atomic mass is 35.5. The number of imidazole rings is 1. The summed E-state index contributed by atoms with van der Waals surface area (Å²) < 4.78 is 7.98. The van der Waals surface area contributed by atoms with Crippen LogP contribution >= 0.6 is 11.6 Å². The van der Waals surface area contributed by atoms with Gasteiger partial charge in [-0.25, -0.2) is 4.98 Å². The molecule has 1 N–H and O–H groups in total. The predicted molar refractivity (Wildman–Crippen MR) is 111 cm³/mol. The van der Waals surface area contributed by atoms with Gasteiger partial charge in [0.25, 0.3) is 0 Å². The summed E-state index contributed by atoms with van der Waals surface area (Å²) in [5.41, 5.74) is 3.49. The Morgan fingerprint density at radius 1 is 1.07 bits per heavy atom. The minimum Gasteiger partial charge on any atom is -0.481 e. The van der Waals surface area contributed by atoms with Crippen LogP contribution in [0.15, 0.2) is 59.3 Å². The maximum absolute atomic E-state index is 10.7. The van der Waals surface area contributed by atoms with Crippen molar-refractivity contribution in [2.75, 3.05) is 0 Å². The summed E-state index contributed by atoms with van der Waals surface area (Å²) in [6.07, 6.45) is 4.87. The third kappa shape index (κ3) is 4.32. The average Bonchev–Trinajstić information content (AvgIpc) is 3.32. The molecule has 4 rings (SSSR count). The van der Waals surface area contributed by atoms with Gasteiger partial charge in [-0.3, -0.25) is 9.36 Å². The van der Waals surface area contributed by atoms with E-state index in [0.717, 1.165) is 40.9 Å². The fourth-order valence-electron chi connectivity index (χ4n) is 3.30. The number of fused-ring (bicyclic) bond motifs is 1. The molecule has 7 heteroatoms. The summed E-state index contributed by atoms with van der Waals surface area (Å²) in [7, 11) is 0. The Labute approximate surface area is 172 Å². The van der Waals surface area contributed by atoms with Gasteiger partial charge in [0.1, 0.15) is 17.8 Å². The lowest BCUT2D eigenvalue weighted by Gasteiger charge is -2.02. The van der Waals surface area contributed by atoms with Crippen LogP contribution in [-0.4, -0.2) is 25.6 Å². The number of oxazole rings is 1. The molecule has 2 aromatic heterocycles. The Balaban J connectivity index is 1.65. The number of rotatable bonds is 8. The molecule has 0 saturated carbocycles. The van der Waals surface area contributed by atoms with E-state index in [1.807, 2.05) is 53.1 Å². The molecular weight excluding hydrogens is 390 g/mol. The van der Waals surface area contributed by atoms with Crippen molar-refractivity contribution in [2.24, 2.45) is 0 Å². The number of aryl methyl sites for hydroxylation is 1. The van der Waals surface area contributed by atoms with Crippen LogP contribution in [-0.2, 0) is 11.2 Å². The molecule has 0 atom stereocenters. The van der Waals surface area contributed by atoms with Crippen LogP contribution in [0.2, 0.25) is 5.02 Å². The Hall–Kier alpha value is -3.12. The van der Waals surface area contributed by atoms with E-state index < -0.39 is 5.97 Å². The first-order chi connectivity index (χ1) is 14.1. The summed E-state index contributed by atoms with van der Waals surface area (Å²) in [4.78, 5) is 19.9. The van der Waals surface area contributed by atoms with Crippen LogP contribution in [0.3, 0.4) is 0 Å². The van der Waals surface area contributed by atoms with Gasteiger partial charge in [0.15, 0.2) is 0 Å². The fourth-order valence-corrected chi connectivity index (χ4v) is 3.42. The lowest BCUT2D eigenvalue weighted by molar-refractivity contribution is -0.137. The van der Waals surface area contributed by atoms with E-state index in [0.29, 0.717) is 23.9 Å². The Bertz CT molecular complexity index is 1130. The molecule has 0 aliphatic carbocycles. The van der Waals surface area contributed by atoms with Gasteiger partial charge in [0.05, 0.1) is 11.0 Å². The molecule has 148 valence electrons. The topological polar surface area (TPSA) is 81.1 Å². The predicted octanol–water partition coefficient (Wildman–Crippen LogP) is 5.52. The molecule has 0 saturated heterocycles. The van der Waals surface area contributed by atoms with Crippen LogP contribution < -0.4 is 0 Å². The van der Waals surface area contributed by atoms with Crippen molar-refractivity contribution in [3.63, 3.8) is 0 Å². The number of unbranched alkanes of at least 4 members (excludes halogenated alkanes) is 2. The standard InChI is InChI=1S/C22H20ClN3O3/c23-16-12-10-15(11-13-16)21-19(8-2-1-3-9-20(27)28)29-22(25-21)26-14-24-17-6-4-5-7-18(17)26/h4-7,10-14H,1-3,8-9H2,(H,27,28). The molecule has 2 heterocycles. The molecule has 0 fully saturated rings. The summed E-state index contributed by atoms with van der Waals surface area (Å²) in [6, 6.07) is 15.8. The quantitative estimate of drug-likeness (QED) is 0.387. The molecule has 0 spiro atoms. The SMILES string of the molecule is O=C(O)CCCCCc1oc(-n2cnc3ccccc32)nc1-c1ccc(Cl)cc1. The van der Waals surface area contributed by atoms with Crippen molar-refractivity contribution < 1.29 is 14.3 Å². The first-order valence-electron chi connectivity index (χ1n) is 9.52. The van der Waals surface area contributed by atoms with E-state index in [2.05, 4.69) is 4.98 Å². The summed E-state index contributed by atoms with van der Waals surface area (Å²) in [5, 5.41) is 9.45. The number of hydrogen-bond acceptors (Lipinski definition) is 4. The highest BCUT2D eigenvalue weighted by Crippen LogP contribution is 2.29. The molecule has 6 nitrogen and oxygen atoms in total. The summed E-state index contributed by atoms with van der Waals surface area (Å²) >= 11 is 6.03. The van der Waals surface area contributed by atoms with Crippen molar-refractivity contribution in [1.29, 1.82) is 0 Å². The lowest BCUT2D eigenvalue weighted by Crippen LogP contribution is -1.94. The molecule has 0 aliphatic heterocycles. The smallest absolute Gasteiger partial charge is 0.308 e. The molecule has 0 unspecified atom stereocenters. The maximum Gasteiger partial charge on any atom is 0.308 e. The van der Waals surface area contributed by atoms with Crippen molar-refractivity contribution in [3.05, 3.63) is 65.6 Å². The largest absolute Gasteiger partial charge is 0.481 e. The number of para-hydroxylation sites is 2. The number of halogens is 1. The monoisotopic (exact) mass is 409 g/mol. The Morgan fingerprint density at radius 2 is 1.86 bits per heavy atom. The lowest BCUT2D eigenvalue weighted by atomic mass is 10.1. The molecule has 0 bridgehead atoms. The first kappa shape index (κ1) is 19.2. The second kappa shape index (κ2) is 8.49. The highest BCUT2D eigenvalue weighted by Gasteiger charge is 2.17. The van der Waals surface area contributed by atoms with Gasteiger partial charge in [0, 0.05) is 23.4 Å². The maximum atomic E-state index is 10.7. The third-order valence-corrected chi connectivity index (χ3v) is 5.01. The van der Waals surface area contributed by atoms with Crippen molar-refractivity contribution in [3.8, 4) is 17.3 Å². The number of carbonyl (C=O) groups is 1. The van der Waals surface area contributed by atoms with Crippen LogP contribution in [0.25, 0.3) is 28.3 Å². The zero-order valence-electron chi connectivity index (χ0n) is 15.7. The minimum atomic E-state index is -0.763. The number of benzene rings is 2. The van der Waals surface area contributed by atoms with Crippen molar-refractivity contribution >= 4 is 28.6 Å². The molecule has 2 aromatic carbocycles. The van der Waals surface area contributed by atoms with Crippen LogP contribution in [0.5, 0.6) is 0 Å². The average molecular weight is 410 g/mol. The highest BCUT2D eigenvalue weighted by molar-refractivity contribution is 6.30. The Morgan fingerprint density at radius 3 is 2.66 bits per heavy atom. The van der Waals surface area contributed by atoms with Gasteiger partial charge in [0.2, 0.25) is 0 Å². The zero-order valence-corrected chi connectivity index (χ0v) is 16.5. The van der Waals surface area contributed by atoms with Crippen molar-refractivity contribution in [2.45, 2.75) is 32.1 Å². The summed E-state index contributed by atoms with van der Waals surface area (Å²) in [5.74, 6) is 0.0104. The second-order valence-electron chi connectivity index (χ2n) is 6.83. The fraction of sp³-hybridized carbons (Fsp3) is 0.227. The normalized spacial score (nSPS) is 11.2. The molecule has 0 radical (unpaired) electrons. The van der Waals surface area contributed by atoms with E-state index in [-0.39, 0.29) is 6.42 Å². The summed E-state index contributed by atoms with van der Waals surface area (Å²) in [6.45, 7) is 0. The number of nitrogens with zero attached hydrogens (tertiary/aromatic N) is 3. The Kier molecular flexibility index (Phi) is 5.62. The van der Waals surface area contributed by atoms with Gasteiger partial charge < -0.3 is 9.52 Å². The molecule has 0 amide bonds. The number of aromatic nitrogens is 3. The van der Waals surface area contributed by atoms with Crippen LogP contribution in [0.1, 0.15) is 31.4 Å². The molecule has 29 heavy (non-hydrogen) atoms. The van der Waals surface area contributed by atoms with Gasteiger partial charge in [-0.1, -0.05) is 42.3 Å². The first-order valence-corrected chi connectivity index (χ1v) is 9.89. The van der Waals surface area contributed by atoms with E-state index in [1.54, 1.807) is 6.33 Å². The molecule has 4 aromatic rings. The zero-order chi connectivity index (χ0) is 20.2. The van der Waals surface area contributed by atoms with Crippen LogP contribution in [0.4, 0.5) is 0 Å². The van der Waals surface area contributed by atoms with E-state index in [4.69, 9.17) is 26.1 Å². The third-order valence-electron chi connectivity index (χ3n) is 4.76. The van der Waals surface area contributed by atoms with E-state index in [1.165, 1.54) is 0 Å². The minimum absolute atomic E-state index is 0.187. The number of carboxylic acids is 1. The molecule has 0 aliphatic rings. The number of carboxylic acid groups (broad SMARTS) is 1. The second-order valence-corrected chi connectivity index (χ2v) is 7.27. The molecular formula is C22H20ClN3O3. The van der Waals surface area contributed by atoms with Gasteiger partial charge >= 0.3 is 12.0 Å². The van der Waals surface area contributed by atoms with E-state index >= 15 is 0 Å².